The summed E-state index contributed by atoms with van der Waals surface area (Å²) in [5.41, 5.74) is 1.77. The van der Waals surface area contributed by atoms with Gasteiger partial charge in [-0.3, -0.25) is 14.4 Å². The molecule has 23 nitrogen and oxygen atoms in total. The molecule has 3 aromatic carbocycles. The summed E-state index contributed by atoms with van der Waals surface area (Å²) >= 11 is 0. The molecule has 0 bridgehead atoms. The second kappa shape index (κ2) is 35.8. The number of fused-ring (bicyclic) bond motifs is 3. The van der Waals surface area contributed by atoms with E-state index in [1.54, 1.807) is 107 Å². The zero-order valence-electron chi connectivity index (χ0n) is 54.2. The standard InChI is InChI=1S/C66H98N8O15/c1-63(2,3)86-58(79)67-38-24-20-34-50(72-56(77)52(36-22-26-40-69-60(81)88-65(7,8)9)74-62(83)85-43-49-47-32-18-16-30-45(47)46-31-17-19-33-48(46)49)54(75)71-51(35-21-25-39-68-59(80)87-64(4,5)6)55(76)73-53(57(78)84-42-44-28-14-13-15-29-44)37-23-27-41-70-61(82)89-66(10,11)12/h13-19,28-33,49-53H,20-27,34-43H2,1-12H3,(H,67,79)(H,68,80)(H,69,81)(H,70,82)(H,71,75)(H,72,77)(H,73,76)(H,74,83)/t50-,51-,52-,53-/m0/s1. The Morgan fingerprint density at radius 2 is 0.685 bits per heavy atom. The fourth-order valence-electron chi connectivity index (χ4n) is 9.40. The van der Waals surface area contributed by atoms with Crippen LogP contribution >= 0.6 is 0 Å². The van der Waals surface area contributed by atoms with Gasteiger partial charge >= 0.3 is 36.4 Å². The van der Waals surface area contributed by atoms with Gasteiger partial charge in [0.05, 0.1) is 0 Å². The molecule has 0 saturated heterocycles. The van der Waals surface area contributed by atoms with Gasteiger partial charge in [0, 0.05) is 32.1 Å². The third-order valence-corrected chi connectivity index (χ3v) is 13.4. The quantitative estimate of drug-likeness (QED) is 0.0164. The molecule has 4 atom stereocenters. The van der Waals surface area contributed by atoms with Gasteiger partial charge in [0.15, 0.2) is 0 Å². The Kier molecular flexibility index (Phi) is 29.5. The highest BCUT2D eigenvalue weighted by Gasteiger charge is 2.34. The van der Waals surface area contributed by atoms with Crippen molar-refractivity contribution in [1.29, 1.82) is 0 Å². The van der Waals surface area contributed by atoms with Crippen LogP contribution in [0, 0.1) is 0 Å². The lowest BCUT2D eigenvalue weighted by Crippen LogP contribution is -2.57. The fraction of sp³-hybridized carbons (Fsp3) is 0.591. The average Bonchev–Trinajstić information content (AvgIpc) is 2.89. The maximum atomic E-state index is 14.9. The number of hydrogen-bond donors (Lipinski definition) is 8. The number of hydrogen-bond acceptors (Lipinski definition) is 15. The summed E-state index contributed by atoms with van der Waals surface area (Å²) in [7, 11) is 0. The highest BCUT2D eigenvalue weighted by atomic mass is 16.6. The monoisotopic (exact) mass is 1240 g/mol. The highest BCUT2D eigenvalue weighted by Crippen LogP contribution is 2.44. The van der Waals surface area contributed by atoms with Gasteiger partial charge in [-0.05, 0) is 188 Å². The Balaban J connectivity index is 1.62. The van der Waals surface area contributed by atoms with Crippen molar-refractivity contribution >= 4 is 54.2 Å². The van der Waals surface area contributed by atoms with Crippen LogP contribution in [0.25, 0.3) is 11.1 Å². The normalized spacial score (nSPS) is 13.5. The number of carbonyl (C=O) groups excluding carboxylic acids is 9. The van der Waals surface area contributed by atoms with E-state index >= 15 is 0 Å². The van der Waals surface area contributed by atoms with E-state index in [4.69, 9.17) is 28.4 Å². The van der Waals surface area contributed by atoms with Crippen LogP contribution in [-0.4, -0.2) is 134 Å². The summed E-state index contributed by atoms with van der Waals surface area (Å²) in [4.78, 5) is 122. The molecule has 0 fully saturated rings. The van der Waals surface area contributed by atoms with E-state index in [1.165, 1.54) is 0 Å². The summed E-state index contributed by atoms with van der Waals surface area (Å²) in [6.45, 7) is 21.4. The average molecular weight is 1240 g/mol. The molecule has 8 N–H and O–H groups in total. The van der Waals surface area contributed by atoms with Crippen LogP contribution in [0.3, 0.4) is 0 Å². The summed E-state index contributed by atoms with van der Waals surface area (Å²) < 4.78 is 33.1. The maximum Gasteiger partial charge on any atom is 0.407 e. The summed E-state index contributed by atoms with van der Waals surface area (Å²) in [5, 5.41) is 22.0. The molecular weight excluding hydrogens is 1140 g/mol. The third-order valence-electron chi connectivity index (χ3n) is 13.4. The largest absolute Gasteiger partial charge is 0.459 e. The molecule has 0 radical (unpaired) electrons. The zero-order valence-corrected chi connectivity index (χ0v) is 54.2. The number of ether oxygens (including phenoxy) is 6. The molecule has 0 aromatic heterocycles. The van der Waals surface area contributed by atoms with Crippen LogP contribution in [0.4, 0.5) is 24.0 Å². The van der Waals surface area contributed by atoms with E-state index in [2.05, 4.69) is 42.5 Å². The molecule has 492 valence electrons. The summed E-state index contributed by atoms with van der Waals surface area (Å²) in [6, 6.07) is 19.6. The Bertz CT molecular complexity index is 2740. The highest BCUT2D eigenvalue weighted by molar-refractivity contribution is 5.95. The second-order valence-corrected chi connectivity index (χ2v) is 26.0. The van der Waals surface area contributed by atoms with E-state index < -0.39 is 101 Å². The smallest absolute Gasteiger partial charge is 0.407 e. The molecule has 23 heteroatoms. The molecule has 1 aliphatic rings. The second-order valence-electron chi connectivity index (χ2n) is 26.0. The van der Waals surface area contributed by atoms with E-state index in [1.807, 2.05) is 54.6 Å². The van der Waals surface area contributed by atoms with Crippen LogP contribution in [0.1, 0.15) is 183 Å². The van der Waals surface area contributed by atoms with Gasteiger partial charge in [-0.25, -0.2) is 28.8 Å². The number of rotatable bonds is 32. The number of amides is 8. The Hall–Kier alpha value is -8.11. The van der Waals surface area contributed by atoms with E-state index in [0.717, 1.165) is 22.3 Å². The molecule has 8 amide bonds. The maximum absolute atomic E-state index is 14.9. The summed E-state index contributed by atoms with van der Waals surface area (Å²) in [6.07, 6.45) is -0.631. The van der Waals surface area contributed by atoms with Crippen LogP contribution in [-0.2, 0) is 54.2 Å². The minimum atomic E-state index is -1.34. The molecule has 0 unspecified atom stereocenters. The third kappa shape index (κ3) is 29.6. The number of unbranched alkanes of at least 4 members (excludes halogenated alkanes) is 4. The van der Waals surface area contributed by atoms with Gasteiger partial charge in [-0.1, -0.05) is 78.9 Å². The van der Waals surface area contributed by atoms with Crippen molar-refractivity contribution in [2.75, 3.05) is 32.8 Å². The van der Waals surface area contributed by atoms with Crippen molar-refractivity contribution in [2.45, 2.75) is 219 Å². The summed E-state index contributed by atoms with van der Waals surface area (Å²) in [5.74, 6) is -3.29. The van der Waals surface area contributed by atoms with Gasteiger partial charge in [0.1, 0.15) is 59.8 Å². The molecule has 0 spiro atoms. The Morgan fingerprint density at radius 3 is 1.04 bits per heavy atom. The van der Waals surface area contributed by atoms with Gasteiger partial charge in [0.25, 0.3) is 0 Å². The first-order valence-electron chi connectivity index (χ1n) is 31.0. The van der Waals surface area contributed by atoms with Gasteiger partial charge < -0.3 is 71.0 Å². The lowest BCUT2D eigenvalue weighted by molar-refractivity contribution is -0.149. The van der Waals surface area contributed by atoms with Crippen LogP contribution in [0.5, 0.6) is 0 Å². The van der Waals surface area contributed by atoms with E-state index in [9.17, 15) is 43.2 Å². The van der Waals surface area contributed by atoms with Crippen molar-refractivity contribution in [2.24, 2.45) is 0 Å². The number of carbonyl (C=O) groups is 9. The van der Waals surface area contributed by atoms with Crippen molar-refractivity contribution in [1.82, 2.24) is 42.5 Å². The fourth-order valence-corrected chi connectivity index (χ4v) is 9.40. The molecule has 0 saturated carbocycles. The topological polar surface area (TPSA) is 305 Å². The van der Waals surface area contributed by atoms with Crippen molar-refractivity contribution < 1.29 is 71.6 Å². The SMILES string of the molecule is CC(C)(C)OC(=O)NCCCC[C@H](NC(=O)OCC1c2ccccc2-c2ccccc21)C(=O)N[C@@H](CCCCNC(=O)OC(C)(C)C)C(=O)N[C@@H](CCCCNC(=O)OC(C)(C)C)C(=O)N[C@@H](CCCCNC(=O)OC(C)(C)C)C(=O)OCc1ccccc1. The predicted octanol–water partition coefficient (Wildman–Crippen LogP) is 9.87. The predicted molar refractivity (Wildman–Crippen MR) is 336 cm³/mol. The van der Waals surface area contributed by atoms with E-state index in [0.29, 0.717) is 44.1 Å². The van der Waals surface area contributed by atoms with Crippen molar-refractivity contribution in [3.05, 3.63) is 95.6 Å². The van der Waals surface area contributed by atoms with Crippen LogP contribution in [0.15, 0.2) is 78.9 Å². The molecule has 89 heavy (non-hydrogen) atoms. The minimum Gasteiger partial charge on any atom is -0.459 e. The van der Waals surface area contributed by atoms with Crippen LogP contribution in [0.2, 0.25) is 0 Å². The van der Waals surface area contributed by atoms with Crippen LogP contribution < -0.4 is 42.5 Å². The Morgan fingerprint density at radius 1 is 0.371 bits per heavy atom. The Labute approximate surface area is 525 Å². The number of benzene rings is 3. The van der Waals surface area contributed by atoms with Crippen molar-refractivity contribution in [3.8, 4) is 11.1 Å². The molecular formula is C66H98N8O15. The number of esters is 1. The first kappa shape index (κ1) is 73.4. The van der Waals surface area contributed by atoms with Gasteiger partial charge in [-0.15, -0.1) is 0 Å². The lowest BCUT2D eigenvalue weighted by atomic mass is 9.98. The number of alkyl carbamates (subject to hydrolysis) is 5. The van der Waals surface area contributed by atoms with Crippen molar-refractivity contribution in [3.63, 3.8) is 0 Å². The lowest BCUT2D eigenvalue weighted by Gasteiger charge is -2.27. The molecule has 0 aliphatic heterocycles. The first-order valence-corrected chi connectivity index (χ1v) is 31.0. The molecule has 1 aliphatic carbocycles. The molecule has 0 heterocycles. The first-order chi connectivity index (χ1) is 41.9. The number of nitrogens with one attached hydrogen (secondary N) is 8. The zero-order chi connectivity index (χ0) is 65.8. The van der Waals surface area contributed by atoms with E-state index in [-0.39, 0.29) is 83.8 Å². The minimum absolute atomic E-state index is 0.00291. The van der Waals surface area contributed by atoms with Gasteiger partial charge in [-0.2, -0.15) is 0 Å². The molecule has 4 rings (SSSR count). The van der Waals surface area contributed by atoms with Gasteiger partial charge in [0.2, 0.25) is 17.7 Å². The molecule has 3 aromatic rings.